The number of rotatable bonds is 3. The number of likely N-dealkylation sites (tertiary alicyclic amines) is 1. The maximum Gasteiger partial charge on any atom is 0.271 e. The number of amides is 1. The van der Waals surface area contributed by atoms with Crippen LogP contribution >= 0.6 is 0 Å². The van der Waals surface area contributed by atoms with Crippen molar-refractivity contribution in [1.29, 1.82) is 0 Å². The van der Waals surface area contributed by atoms with E-state index in [0.717, 1.165) is 29.7 Å². The summed E-state index contributed by atoms with van der Waals surface area (Å²) in [5.74, 6) is 0.863. The Kier molecular flexibility index (Phi) is 3.99. The molecule has 1 amide bonds. The molecular weight excluding hydrogens is 332 g/mol. The molecule has 1 saturated heterocycles. The molecule has 4 rings (SSSR count). The Morgan fingerprint density at radius 2 is 2.15 bits per heavy atom. The quantitative estimate of drug-likeness (QED) is 0.784. The zero-order valence-corrected chi connectivity index (χ0v) is 14.7. The number of imidazole rings is 1. The van der Waals surface area contributed by atoms with Crippen LogP contribution in [-0.2, 0) is 7.05 Å². The Morgan fingerprint density at radius 3 is 2.88 bits per heavy atom. The first-order chi connectivity index (χ1) is 12.6. The summed E-state index contributed by atoms with van der Waals surface area (Å²) >= 11 is 0. The van der Waals surface area contributed by atoms with Gasteiger partial charge < -0.3 is 19.2 Å². The molecular formula is C19H20N4O3. The highest BCUT2D eigenvalue weighted by Gasteiger charge is 2.34. The van der Waals surface area contributed by atoms with Gasteiger partial charge in [-0.2, -0.15) is 0 Å². The van der Waals surface area contributed by atoms with Crippen LogP contribution in [0.15, 0.2) is 41.3 Å². The smallest absolute Gasteiger partial charge is 0.271 e. The first-order valence-electron chi connectivity index (χ1n) is 8.59. The number of carbonyl (C=O) groups excluding carboxylic acids is 1. The first-order valence-corrected chi connectivity index (χ1v) is 8.59. The second kappa shape index (κ2) is 6.33. The summed E-state index contributed by atoms with van der Waals surface area (Å²) in [5.41, 5.74) is 1.91. The van der Waals surface area contributed by atoms with Gasteiger partial charge >= 0.3 is 0 Å². The molecule has 2 aromatic heterocycles. The van der Waals surface area contributed by atoms with Crippen molar-refractivity contribution in [3.8, 4) is 5.75 Å². The van der Waals surface area contributed by atoms with Crippen molar-refractivity contribution in [3.63, 3.8) is 0 Å². The number of H-pyrrole nitrogens is 1. The molecule has 134 valence electrons. The second-order valence-electron chi connectivity index (χ2n) is 6.45. The molecule has 0 bridgehead atoms. The van der Waals surface area contributed by atoms with E-state index < -0.39 is 0 Å². The Labute approximate surface area is 150 Å². The highest BCUT2D eigenvalue weighted by molar-refractivity contribution is 5.93. The van der Waals surface area contributed by atoms with Crippen LogP contribution < -0.4 is 10.2 Å². The summed E-state index contributed by atoms with van der Waals surface area (Å²) in [5, 5.41) is 0. The van der Waals surface area contributed by atoms with Crippen LogP contribution in [-0.4, -0.2) is 39.0 Å². The molecule has 3 aromatic rings. The standard InChI is InChI=1S/C19H20N4O3/c1-22-14-7-4-3-6-12(14)21-18(22)15-8-5-9-23(15)19(25)13-10-16(24)17(26-2)11-20-13/h3-4,6-7,10-11,15H,5,8-9H2,1-2H3,(H,20,24). The molecule has 1 fully saturated rings. The molecule has 1 aromatic carbocycles. The van der Waals surface area contributed by atoms with E-state index in [4.69, 9.17) is 9.72 Å². The molecule has 0 radical (unpaired) electrons. The van der Waals surface area contributed by atoms with E-state index in [9.17, 15) is 9.59 Å². The molecule has 7 heteroatoms. The van der Waals surface area contributed by atoms with Gasteiger partial charge in [-0.15, -0.1) is 0 Å². The van der Waals surface area contributed by atoms with E-state index in [1.54, 1.807) is 4.90 Å². The van der Waals surface area contributed by atoms with Gasteiger partial charge in [0.1, 0.15) is 11.5 Å². The zero-order chi connectivity index (χ0) is 18.3. The molecule has 0 spiro atoms. The van der Waals surface area contributed by atoms with Crippen LogP contribution in [0, 0.1) is 0 Å². The molecule has 7 nitrogen and oxygen atoms in total. The average Bonchev–Trinajstić information content (AvgIpc) is 3.26. The molecule has 1 aliphatic rings. The van der Waals surface area contributed by atoms with Gasteiger partial charge in [0.2, 0.25) is 5.43 Å². The maximum absolute atomic E-state index is 13.0. The lowest BCUT2D eigenvalue weighted by atomic mass is 10.2. The van der Waals surface area contributed by atoms with Crippen molar-refractivity contribution in [3.05, 3.63) is 58.3 Å². The minimum absolute atomic E-state index is 0.106. The van der Waals surface area contributed by atoms with Gasteiger partial charge in [-0.1, -0.05) is 12.1 Å². The van der Waals surface area contributed by atoms with Crippen molar-refractivity contribution in [2.75, 3.05) is 13.7 Å². The molecule has 1 atom stereocenters. The van der Waals surface area contributed by atoms with Gasteiger partial charge in [0, 0.05) is 25.9 Å². The third kappa shape index (κ3) is 2.56. The number of benzene rings is 1. The summed E-state index contributed by atoms with van der Waals surface area (Å²) < 4.78 is 7.01. The van der Waals surface area contributed by atoms with Crippen LogP contribution in [0.3, 0.4) is 0 Å². The highest BCUT2D eigenvalue weighted by Crippen LogP contribution is 2.33. The highest BCUT2D eigenvalue weighted by atomic mass is 16.5. The summed E-state index contributed by atoms with van der Waals surface area (Å²) in [7, 11) is 3.40. The Balaban J connectivity index is 1.69. The lowest BCUT2D eigenvalue weighted by Crippen LogP contribution is -2.33. The van der Waals surface area contributed by atoms with Crippen molar-refractivity contribution in [2.24, 2.45) is 7.05 Å². The molecule has 0 saturated carbocycles. The SMILES string of the molecule is COc1c[nH]c(C(=O)N2CCCC2c2nc3ccccc3n2C)cc1=O. The van der Waals surface area contributed by atoms with E-state index in [2.05, 4.69) is 4.98 Å². The number of aromatic nitrogens is 3. The second-order valence-corrected chi connectivity index (χ2v) is 6.45. The minimum Gasteiger partial charge on any atom is -0.491 e. The fraction of sp³-hybridized carbons (Fsp3) is 0.316. The van der Waals surface area contributed by atoms with Crippen LogP contribution in [0.25, 0.3) is 11.0 Å². The van der Waals surface area contributed by atoms with E-state index >= 15 is 0 Å². The number of hydrogen-bond donors (Lipinski definition) is 1. The van der Waals surface area contributed by atoms with E-state index in [1.165, 1.54) is 19.4 Å². The number of para-hydroxylation sites is 2. The summed E-state index contributed by atoms with van der Waals surface area (Å²) in [6.07, 6.45) is 3.18. The van der Waals surface area contributed by atoms with Crippen molar-refractivity contribution in [2.45, 2.75) is 18.9 Å². The van der Waals surface area contributed by atoms with Crippen molar-refractivity contribution in [1.82, 2.24) is 19.4 Å². The van der Waals surface area contributed by atoms with Gasteiger partial charge in [-0.25, -0.2) is 4.98 Å². The zero-order valence-electron chi connectivity index (χ0n) is 14.7. The Hall–Kier alpha value is -3.09. The third-order valence-electron chi connectivity index (χ3n) is 4.96. The molecule has 26 heavy (non-hydrogen) atoms. The normalized spacial score (nSPS) is 17.0. The number of aryl methyl sites for hydroxylation is 1. The number of fused-ring (bicyclic) bond motifs is 1. The number of pyridine rings is 1. The Bertz CT molecular complexity index is 1040. The maximum atomic E-state index is 13.0. The van der Waals surface area contributed by atoms with Crippen LogP contribution in [0.5, 0.6) is 5.75 Å². The monoisotopic (exact) mass is 352 g/mol. The van der Waals surface area contributed by atoms with E-state index in [0.29, 0.717) is 6.54 Å². The number of aromatic amines is 1. The fourth-order valence-corrected chi connectivity index (χ4v) is 3.64. The number of nitrogens with one attached hydrogen (secondary N) is 1. The van der Waals surface area contributed by atoms with Gasteiger partial charge in [-0.05, 0) is 25.0 Å². The molecule has 1 aliphatic heterocycles. The Morgan fingerprint density at radius 1 is 1.35 bits per heavy atom. The molecule has 1 unspecified atom stereocenters. The fourth-order valence-electron chi connectivity index (χ4n) is 3.64. The van der Waals surface area contributed by atoms with Crippen LogP contribution in [0.1, 0.15) is 35.2 Å². The topological polar surface area (TPSA) is 80.2 Å². The first kappa shape index (κ1) is 16.4. The number of ether oxygens (including phenoxy) is 1. The number of methoxy groups -OCH3 is 1. The van der Waals surface area contributed by atoms with Gasteiger partial charge in [0.15, 0.2) is 5.75 Å². The van der Waals surface area contributed by atoms with Crippen LogP contribution in [0.2, 0.25) is 0 Å². The lowest BCUT2D eigenvalue weighted by molar-refractivity contribution is 0.0722. The van der Waals surface area contributed by atoms with Crippen molar-refractivity contribution < 1.29 is 9.53 Å². The summed E-state index contributed by atoms with van der Waals surface area (Å²) in [6, 6.07) is 9.12. The number of carbonyl (C=O) groups is 1. The average molecular weight is 352 g/mol. The van der Waals surface area contributed by atoms with Crippen molar-refractivity contribution >= 4 is 16.9 Å². The minimum atomic E-state index is -0.312. The van der Waals surface area contributed by atoms with E-state index in [1.807, 2.05) is 35.9 Å². The largest absolute Gasteiger partial charge is 0.491 e. The number of hydrogen-bond acceptors (Lipinski definition) is 4. The summed E-state index contributed by atoms with van der Waals surface area (Å²) in [6.45, 7) is 0.640. The van der Waals surface area contributed by atoms with E-state index in [-0.39, 0.29) is 28.8 Å². The number of nitrogens with zero attached hydrogens (tertiary/aromatic N) is 3. The van der Waals surface area contributed by atoms with Gasteiger partial charge in [0.05, 0.1) is 24.2 Å². The predicted molar refractivity (Wildman–Crippen MR) is 97.3 cm³/mol. The van der Waals surface area contributed by atoms with Gasteiger partial charge in [0.25, 0.3) is 5.91 Å². The predicted octanol–water partition coefficient (Wildman–Crippen LogP) is 2.25. The molecule has 0 aliphatic carbocycles. The summed E-state index contributed by atoms with van der Waals surface area (Å²) in [4.78, 5) is 34.4. The molecule has 3 heterocycles. The lowest BCUT2D eigenvalue weighted by Gasteiger charge is -2.24. The van der Waals surface area contributed by atoms with Gasteiger partial charge in [-0.3, -0.25) is 9.59 Å². The molecule has 1 N–H and O–H groups in total. The van der Waals surface area contributed by atoms with Crippen LogP contribution in [0.4, 0.5) is 0 Å². The third-order valence-corrected chi connectivity index (χ3v) is 4.96.